The number of hydrogen-bond donors (Lipinski definition) is 5. The summed E-state index contributed by atoms with van der Waals surface area (Å²) >= 11 is 0. The van der Waals surface area contributed by atoms with Crippen LogP contribution in [0.2, 0.25) is 0 Å². The number of benzene rings is 1. The molecule has 0 saturated carbocycles. The first-order chi connectivity index (χ1) is 21.3. The number of rotatable bonds is 17. The summed E-state index contributed by atoms with van der Waals surface area (Å²) in [5.74, 6) is -2.51. The number of nitrogens with two attached hydrogens (primary N) is 1. The van der Waals surface area contributed by atoms with Crippen LogP contribution in [0.1, 0.15) is 71.3 Å². The maximum absolute atomic E-state index is 13.5. The lowest BCUT2D eigenvalue weighted by molar-refractivity contribution is -0.156. The third kappa shape index (κ3) is 12.1. The number of urea groups is 1. The predicted octanol–water partition coefficient (Wildman–Crippen LogP) is 2.09. The Labute approximate surface area is 265 Å². The lowest BCUT2D eigenvalue weighted by Crippen LogP contribution is -2.47. The summed E-state index contributed by atoms with van der Waals surface area (Å²) in [5, 5.41) is 11.2. The Hall–Kier alpha value is -4.00. The predicted molar refractivity (Wildman–Crippen MR) is 170 cm³/mol. The normalized spacial score (nSPS) is 15.5. The van der Waals surface area contributed by atoms with E-state index in [1.807, 2.05) is 26.1 Å². The van der Waals surface area contributed by atoms with Crippen LogP contribution in [0, 0.1) is 17.3 Å². The third-order valence-corrected chi connectivity index (χ3v) is 8.24. The van der Waals surface area contributed by atoms with E-state index < -0.39 is 29.3 Å². The van der Waals surface area contributed by atoms with Gasteiger partial charge >= 0.3 is 12.0 Å². The van der Waals surface area contributed by atoms with Crippen molar-refractivity contribution >= 4 is 41.2 Å². The monoisotopic (exact) mass is 630 g/mol. The molecular formula is C32H50N6O7. The van der Waals surface area contributed by atoms with Crippen molar-refractivity contribution in [3.8, 4) is 0 Å². The van der Waals surface area contributed by atoms with E-state index in [1.165, 1.54) is 7.11 Å². The molecule has 45 heavy (non-hydrogen) atoms. The van der Waals surface area contributed by atoms with Gasteiger partial charge in [-0.2, -0.15) is 0 Å². The molecule has 0 radical (unpaired) electrons. The number of carbonyl (C=O) groups excluding carboxylic acids is 6. The van der Waals surface area contributed by atoms with Crippen LogP contribution >= 0.6 is 0 Å². The molecule has 0 aromatic heterocycles. The highest BCUT2D eigenvalue weighted by atomic mass is 16.5. The number of anilines is 1. The van der Waals surface area contributed by atoms with Gasteiger partial charge in [-0.1, -0.05) is 26.0 Å². The Morgan fingerprint density at radius 3 is 2.22 bits per heavy atom. The second kappa shape index (κ2) is 18.1. The van der Waals surface area contributed by atoms with Gasteiger partial charge in [-0.3, -0.25) is 24.0 Å². The lowest BCUT2D eigenvalue weighted by Gasteiger charge is -2.37. The van der Waals surface area contributed by atoms with Crippen molar-refractivity contribution < 1.29 is 33.5 Å². The average molecular weight is 631 g/mol. The van der Waals surface area contributed by atoms with Gasteiger partial charge in [0.2, 0.25) is 17.7 Å². The zero-order chi connectivity index (χ0) is 33.6. The van der Waals surface area contributed by atoms with Crippen LogP contribution in [0.15, 0.2) is 24.3 Å². The van der Waals surface area contributed by atoms with Gasteiger partial charge < -0.3 is 36.6 Å². The molecule has 0 spiro atoms. The summed E-state index contributed by atoms with van der Waals surface area (Å²) in [6.45, 7) is 7.17. The highest BCUT2D eigenvalue weighted by Crippen LogP contribution is 2.32. The van der Waals surface area contributed by atoms with Crippen molar-refractivity contribution in [3.05, 3.63) is 29.8 Å². The first-order valence-electron chi connectivity index (χ1n) is 15.6. The van der Waals surface area contributed by atoms with Crippen LogP contribution < -0.4 is 27.0 Å². The van der Waals surface area contributed by atoms with E-state index in [1.54, 1.807) is 30.9 Å². The first kappa shape index (κ1) is 37.2. The highest BCUT2D eigenvalue weighted by molar-refractivity contribution is 5.97. The van der Waals surface area contributed by atoms with Crippen LogP contribution in [-0.2, 0) is 35.3 Å². The summed E-state index contributed by atoms with van der Waals surface area (Å²) in [7, 11) is 3.19. The summed E-state index contributed by atoms with van der Waals surface area (Å²) in [4.78, 5) is 77.2. The molecule has 1 aromatic carbocycles. The minimum absolute atomic E-state index is 0.0230. The van der Waals surface area contributed by atoms with Gasteiger partial charge in [-0.15, -0.1) is 0 Å². The maximum atomic E-state index is 13.5. The summed E-state index contributed by atoms with van der Waals surface area (Å²) in [6.07, 6.45) is 1.47. The Bertz CT molecular complexity index is 1180. The number of Topliss-reactive ketones (excluding diaryl/α,β-unsaturated/α-hetero) is 1. The van der Waals surface area contributed by atoms with Gasteiger partial charge in [-0.05, 0) is 63.3 Å². The number of nitrogens with zero attached hydrogens (tertiary/aromatic N) is 1. The van der Waals surface area contributed by atoms with E-state index in [2.05, 4.69) is 21.3 Å². The van der Waals surface area contributed by atoms with Crippen molar-refractivity contribution in [2.45, 2.75) is 78.3 Å². The van der Waals surface area contributed by atoms with Crippen LogP contribution in [0.3, 0.4) is 0 Å². The van der Waals surface area contributed by atoms with E-state index in [-0.39, 0.29) is 55.3 Å². The van der Waals surface area contributed by atoms with E-state index in [0.717, 1.165) is 5.56 Å². The van der Waals surface area contributed by atoms with Gasteiger partial charge in [0, 0.05) is 57.0 Å². The minimum atomic E-state index is -0.844. The van der Waals surface area contributed by atoms with Crippen LogP contribution in [0.5, 0.6) is 0 Å². The number of nitrogens with one attached hydrogen (secondary N) is 4. The first-order valence-corrected chi connectivity index (χ1v) is 15.6. The van der Waals surface area contributed by atoms with E-state index in [9.17, 15) is 28.8 Å². The Balaban J connectivity index is 1.98. The summed E-state index contributed by atoms with van der Waals surface area (Å²) in [5.41, 5.74) is 6.16. The second-order valence-corrected chi connectivity index (χ2v) is 12.2. The number of amides is 5. The number of esters is 1. The molecule has 2 rings (SSSR count). The van der Waals surface area contributed by atoms with Gasteiger partial charge in [0.1, 0.15) is 0 Å². The average Bonchev–Trinajstić information content (AvgIpc) is 3.00. The number of primary amides is 1. The van der Waals surface area contributed by atoms with Gasteiger partial charge in [0.05, 0.1) is 18.6 Å². The fourth-order valence-electron chi connectivity index (χ4n) is 5.35. The minimum Gasteiger partial charge on any atom is -0.469 e. The van der Waals surface area contributed by atoms with Crippen molar-refractivity contribution in [2.24, 2.45) is 23.0 Å². The van der Waals surface area contributed by atoms with Crippen LogP contribution in [-0.4, -0.2) is 80.2 Å². The second-order valence-electron chi connectivity index (χ2n) is 12.2. The standard InChI is InChI=1S/C32H50N6O7/c1-21(2)28(37-26(40)12-13-27(41)38-17-14-32(3,15-18-38)30(43)45-5)25(39)19-23(7-6-16-35-31(33)44)29(42)36-24-10-8-22(9-11-24)20-34-4/h8-11,21,23,28,34H,6-7,12-20H2,1-5H3,(H,36,42)(H,37,40)(H3,33,35,44)/t23-,28+/m1/s1. The topological polar surface area (TPSA) is 189 Å². The van der Waals surface area contributed by atoms with Crippen LogP contribution in [0.4, 0.5) is 10.5 Å². The Morgan fingerprint density at radius 2 is 1.67 bits per heavy atom. The molecule has 2 atom stereocenters. The molecule has 0 unspecified atom stereocenters. The van der Waals surface area contributed by atoms with E-state index in [0.29, 0.717) is 51.0 Å². The number of likely N-dealkylation sites (tertiary alicyclic amines) is 1. The molecule has 1 heterocycles. The fourth-order valence-corrected chi connectivity index (χ4v) is 5.35. The molecule has 1 saturated heterocycles. The van der Waals surface area contributed by atoms with Crippen molar-refractivity contribution in [1.82, 2.24) is 20.9 Å². The molecule has 13 nitrogen and oxygen atoms in total. The van der Waals surface area contributed by atoms with Crippen molar-refractivity contribution in [1.29, 1.82) is 0 Å². The number of carbonyl (C=O) groups is 6. The Morgan fingerprint density at radius 1 is 1.02 bits per heavy atom. The molecular weight excluding hydrogens is 580 g/mol. The zero-order valence-corrected chi connectivity index (χ0v) is 27.2. The molecule has 1 aliphatic heterocycles. The zero-order valence-electron chi connectivity index (χ0n) is 27.2. The molecule has 0 bridgehead atoms. The highest BCUT2D eigenvalue weighted by Gasteiger charge is 2.39. The Kier molecular flexibility index (Phi) is 14.9. The number of hydrogen-bond acceptors (Lipinski definition) is 8. The fraction of sp³-hybridized carbons (Fsp3) is 0.625. The lowest BCUT2D eigenvalue weighted by atomic mass is 9.80. The molecule has 1 aliphatic rings. The molecule has 0 aliphatic carbocycles. The van der Waals surface area contributed by atoms with E-state index in [4.69, 9.17) is 10.5 Å². The maximum Gasteiger partial charge on any atom is 0.312 e. The SMILES string of the molecule is CNCc1ccc(NC(=O)[C@H](CCCNC(N)=O)CC(=O)[C@@H](NC(=O)CCC(=O)N2CCC(C)(C(=O)OC)CC2)C(C)C)cc1. The largest absolute Gasteiger partial charge is 0.469 e. The van der Waals surface area contributed by atoms with Crippen LogP contribution in [0.25, 0.3) is 0 Å². The third-order valence-electron chi connectivity index (χ3n) is 8.24. The number of ketones is 1. The smallest absolute Gasteiger partial charge is 0.312 e. The van der Waals surface area contributed by atoms with Gasteiger partial charge in [0.15, 0.2) is 5.78 Å². The van der Waals surface area contributed by atoms with E-state index >= 15 is 0 Å². The number of ether oxygens (including phenoxy) is 1. The molecule has 6 N–H and O–H groups in total. The van der Waals surface area contributed by atoms with Crippen molar-refractivity contribution in [2.75, 3.05) is 39.1 Å². The molecule has 1 fully saturated rings. The quantitative estimate of drug-likeness (QED) is 0.128. The molecule has 1 aromatic rings. The van der Waals surface area contributed by atoms with Gasteiger partial charge in [0.25, 0.3) is 0 Å². The number of piperidine rings is 1. The summed E-state index contributed by atoms with van der Waals surface area (Å²) in [6, 6.07) is 5.85. The molecule has 5 amide bonds. The molecule has 13 heteroatoms. The van der Waals surface area contributed by atoms with Crippen molar-refractivity contribution in [3.63, 3.8) is 0 Å². The molecule has 250 valence electrons. The number of methoxy groups -OCH3 is 1. The van der Waals surface area contributed by atoms with Gasteiger partial charge in [-0.25, -0.2) is 4.79 Å². The summed E-state index contributed by atoms with van der Waals surface area (Å²) < 4.78 is 4.88.